The van der Waals surface area contributed by atoms with Crippen molar-refractivity contribution in [1.82, 2.24) is 4.90 Å². The van der Waals surface area contributed by atoms with Gasteiger partial charge in [0.05, 0.1) is 26.4 Å². The molecule has 2 aromatic carbocycles. The van der Waals surface area contributed by atoms with Crippen molar-refractivity contribution in [2.75, 3.05) is 40.2 Å². The Labute approximate surface area is 184 Å². The first kappa shape index (κ1) is 21.7. The van der Waals surface area contributed by atoms with Crippen LogP contribution in [0.15, 0.2) is 30.3 Å². The highest BCUT2D eigenvalue weighted by atomic mass is 35.5. The van der Waals surface area contributed by atoms with Gasteiger partial charge in [0, 0.05) is 29.0 Å². The molecule has 0 aromatic heterocycles. The molecule has 1 atom stereocenters. The molecular formula is C20H21Cl2NO5S. The van der Waals surface area contributed by atoms with Crippen LogP contribution in [0.5, 0.6) is 23.0 Å². The Balaban J connectivity index is 1.79. The lowest BCUT2D eigenvalue weighted by atomic mass is 10.1. The molecule has 0 aliphatic carbocycles. The summed E-state index contributed by atoms with van der Waals surface area (Å²) in [5, 5.41) is 0.644. The van der Waals surface area contributed by atoms with E-state index >= 15 is 0 Å². The first-order valence-corrected chi connectivity index (χ1v) is 10.6. The highest BCUT2D eigenvalue weighted by molar-refractivity contribution is 7.99. The molecule has 0 radical (unpaired) electrons. The molecule has 1 saturated heterocycles. The van der Waals surface area contributed by atoms with E-state index in [0.29, 0.717) is 39.6 Å². The Morgan fingerprint density at radius 2 is 1.72 bits per heavy atom. The molecule has 0 spiro atoms. The maximum absolute atomic E-state index is 12.9. The zero-order valence-corrected chi connectivity index (χ0v) is 18.6. The Morgan fingerprint density at radius 3 is 2.38 bits per heavy atom. The normalized spacial score (nSPS) is 15.9. The summed E-state index contributed by atoms with van der Waals surface area (Å²) < 4.78 is 21.9. The largest absolute Gasteiger partial charge is 0.496 e. The van der Waals surface area contributed by atoms with Gasteiger partial charge in [-0.15, -0.1) is 11.8 Å². The fraction of sp³-hybridized carbons (Fsp3) is 0.350. The smallest absolute Gasteiger partial charge is 0.261 e. The molecule has 2 aromatic rings. The predicted octanol–water partition coefficient (Wildman–Crippen LogP) is 4.67. The van der Waals surface area contributed by atoms with E-state index in [1.807, 2.05) is 6.07 Å². The summed E-state index contributed by atoms with van der Waals surface area (Å²) in [7, 11) is 4.72. The van der Waals surface area contributed by atoms with Crippen LogP contribution in [-0.4, -0.2) is 51.0 Å². The van der Waals surface area contributed by atoms with Gasteiger partial charge in [-0.2, -0.15) is 0 Å². The summed E-state index contributed by atoms with van der Waals surface area (Å²) in [6.07, 6.45) is 0. The lowest BCUT2D eigenvalue weighted by Gasteiger charge is -2.26. The number of thioether (sulfide) groups is 1. The quantitative estimate of drug-likeness (QED) is 0.601. The number of methoxy groups -OCH3 is 3. The second kappa shape index (κ2) is 9.69. The molecule has 156 valence electrons. The minimum atomic E-state index is -0.221. The molecule has 1 amide bonds. The van der Waals surface area contributed by atoms with Gasteiger partial charge in [-0.05, 0) is 24.3 Å². The van der Waals surface area contributed by atoms with Crippen LogP contribution in [0.1, 0.15) is 10.9 Å². The SMILES string of the molecule is COc1cc(OC)c(C2SCCN2C(=O)COc2ccc(Cl)cc2Cl)cc1OC. The molecule has 29 heavy (non-hydrogen) atoms. The van der Waals surface area contributed by atoms with Crippen molar-refractivity contribution >= 4 is 40.9 Å². The average Bonchev–Trinajstić information content (AvgIpc) is 3.21. The Hall–Kier alpha value is -1.96. The van der Waals surface area contributed by atoms with E-state index in [2.05, 4.69) is 0 Å². The van der Waals surface area contributed by atoms with Crippen LogP contribution in [-0.2, 0) is 4.79 Å². The summed E-state index contributed by atoms with van der Waals surface area (Å²) in [5.74, 6) is 2.83. The number of amides is 1. The fourth-order valence-electron chi connectivity index (χ4n) is 3.04. The second-order valence-electron chi connectivity index (χ2n) is 6.12. The first-order valence-electron chi connectivity index (χ1n) is 8.77. The van der Waals surface area contributed by atoms with Crippen LogP contribution in [0.4, 0.5) is 0 Å². The van der Waals surface area contributed by atoms with Gasteiger partial charge in [-0.3, -0.25) is 4.79 Å². The Bertz CT molecular complexity index is 895. The molecule has 9 heteroatoms. The van der Waals surface area contributed by atoms with Crippen LogP contribution in [0, 0.1) is 0 Å². The molecule has 0 N–H and O–H groups in total. The van der Waals surface area contributed by atoms with E-state index < -0.39 is 0 Å². The van der Waals surface area contributed by atoms with Gasteiger partial charge in [-0.1, -0.05) is 23.2 Å². The molecule has 1 aliphatic rings. The van der Waals surface area contributed by atoms with Crippen LogP contribution in [0.2, 0.25) is 10.0 Å². The van der Waals surface area contributed by atoms with E-state index in [4.69, 9.17) is 42.1 Å². The van der Waals surface area contributed by atoms with E-state index in [0.717, 1.165) is 11.3 Å². The van der Waals surface area contributed by atoms with Gasteiger partial charge in [0.2, 0.25) is 0 Å². The monoisotopic (exact) mass is 457 g/mol. The number of halogens is 2. The zero-order valence-electron chi connectivity index (χ0n) is 16.2. The number of benzene rings is 2. The molecule has 1 fully saturated rings. The minimum Gasteiger partial charge on any atom is -0.496 e. The number of rotatable bonds is 7. The van der Waals surface area contributed by atoms with Crippen molar-refractivity contribution in [1.29, 1.82) is 0 Å². The standard InChI is InChI=1S/C20H21Cl2NO5S/c1-25-16-10-18(27-3)17(26-2)9-13(16)20-23(6-7-29-20)19(24)11-28-15-5-4-12(21)8-14(15)22/h4-5,8-10,20H,6-7,11H2,1-3H3. The van der Waals surface area contributed by atoms with E-state index in [1.165, 1.54) is 0 Å². The summed E-state index contributed by atoms with van der Waals surface area (Å²) in [6, 6.07) is 8.49. The van der Waals surface area contributed by atoms with Crippen LogP contribution in [0.3, 0.4) is 0 Å². The summed E-state index contributed by atoms with van der Waals surface area (Å²) in [4.78, 5) is 14.6. The van der Waals surface area contributed by atoms with Crippen molar-refractivity contribution in [2.45, 2.75) is 5.37 Å². The minimum absolute atomic E-state index is 0.131. The highest BCUT2D eigenvalue weighted by Gasteiger charge is 2.33. The Kier molecular flexibility index (Phi) is 7.27. The van der Waals surface area contributed by atoms with Crippen molar-refractivity contribution in [3.8, 4) is 23.0 Å². The van der Waals surface area contributed by atoms with Crippen LogP contribution in [0.25, 0.3) is 0 Å². The third-order valence-electron chi connectivity index (χ3n) is 4.46. The van der Waals surface area contributed by atoms with Gasteiger partial charge in [0.25, 0.3) is 5.91 Å². The third kappa shape index (κ3) is 4.79. The predicted molar refractivity (Wildman–Crippen MR) is 115 cm³/mol. The second-order valence-corrected chi connectivity index (χ2v) is 8.15. The maximum Gasteiger partial charge on any atom is 0.261 e. The van der Waals surface area contributed by atoms with E-state index in [9.17, 15) is 4.79 Å². The number of hydrogen-bond donors (Lipinski definition) is 0. The molecule has 6 nitrogen and oxygen atoms in total. The lowest BCUT2D eigenvalue weighted by molar-refractivity contribution is -0.133. The summed E-state index contributed by atoms with van der Waals surface area (Å²) >= 11 is 13.7. The number of carbonyl (C=O) groups excluding carboxylic acids is 1. The molecule has 3 rings (SSSR count). The third-order valence-corrected chi connectivity index (χ3v) is 6.23. The average molecular weight is 458 g/mol. The highest BCUT2D eigenvalue weighted by Crippen LogP contribution is 2.46. The van der Waals surface area contributed by atoms with Crippen molar-refractivity contribution in [3.63, 3.8) is 0 Å². The number of ether oxygens (including phenoxy) is 4. The molecule has 1 aliphatic heterocycles. The molecular weight excluding hydrogens is 437 g/mol. The van der Waals surface area contributed by atoms with Gasteiger partial charge < -0.3 is 23.8 Å². The zero-order chi connectivity index (χ0) is 21.0. The first-order chi connectivity index (χ1) is 14.0. The van der Waals surface area contributed by atoms with Crippen molar-refractivity contribution < 1.29 is 23.7 Å². The fourth-order valence-corrected chi connectivity index (χ4v) is 4.80. The van der Waals surface area contributed by atoms with Gasteiger partial charge in [0.1, 0.15) is 16.9 Å². The number of carbonyl (C=O) groups is 1. The maximum atomic E-state index is 12.9. The van der Waals surface area contributed by atoms with E-state index in [1.54, 1.807) is 62.3 Å². The molecule has 0 saturated carbocycles. The topological polar surface area (TPSA) is 57.2 Å². The van der Waals surface area contributed by atoms with Gasteiger partial charge in [-0.25, -0.2) is 0 Å². The van der Waals surface area contributed by atoms with Gasteiger partial charge in [0.15, 0.2) is 18.1 Å². The van der Waals surface area contributed by atoms with E-state index in [-0.39, 0.29) is 17.9 Å². The van der Waals surface area contributed by atoms with Crippen LogP contribution < -0.4 is 18.9 Å². The lowest BCUT2D eigenvalue weighted by Crippen LogP contribution is -2.34. The van der Waals surface area contributed by atoms with Crippen molar-refractivity contribution in [3.05, 3.63) is 45.9 Å². The number of hydrogen-bond acceptors (Lipinski definition) is 6. The van der Waals surface area contributed by atoms with Crippen molar-refractivity contribution in [2.24, 2.45) is 0 Å². The molecule has 1 heterocycles. The summed E-state index contributed by atoms with van der Waals surface area (Å²) in [6.45, 7) is 0.470. The Morgan fingerprint density at radius 1 is 1.03 bits per heavy atom. The van der Waals surface area contributed by atoms with Gasteiger partial charge >= 0.3 is 0 Å². The van der Waals surface area contributed by atoms with Crippen LogP contribution >= 0.6 is 35.0 Å². The summed E-state index contributed by atoms with van der Waals surface area (Å²) in [5.41, 5.74) is 0.838. The molecule has 0 bridgehead atoms. The molecule has 1 unspecified atom stereocenters. The number of nitrogens with zero attached hydrogens (tertiary/aromatic N) is 1.